The first-order chi connectivity index (χ1) is 13.8. The number of allylic oxidation sites excluding steroid dienone is 1. The van der Waals surface area contributed by atoms with E-state index in [-0.39, 0.29) is 17.1 Å². The standard InChI is InChI=1S/C23H28FNO4/c1-5-6-17-13-19(23(15-22(17)27)29-12-11-25(2)3)21(26)10-8-16-7-9-18(28-4)14-20(16)24/h7-10,13-15,27H,5-6,11-12H2,1-4H3/b10-8+. The Morgan fingerprint density at radius 3 is 2.62 bits per heavy atom. The van der Waals surface area contributed by atoms with Crippen LogP contribution in [0.15, 0.2) is 36.4 Å². The monoisotopic (exact) mass is 401 g/mol. The minimum Gasteiger partial charge on any atom is -0.508 e. The Morgan fingerprint density at radius 2 is 2.00 bits per heavy atom. The number of halogens is 1. The van der Waals surface area contributed by atoms with E-state index in [9.17, 15) is 14.3 Å². The molecule has 0 aliphatic carbocycles. The number of nitrogens with zero attached hydrogens (tertiary/aromatic N) is 1. The third kappa shape index (κ3) is 6.32. The summed E-state index contributed by atoms with van der Waals surface area (Å²) in [6.07, 6.45) is 4.20. The van der Waals surface area contributed by atoms with E-state index < -0.39 is 5.82 Å². The Labute approximate surface area is 171 Å². The van der Waals surface area contributed by atoms with Crippen LogP contribution in [-0.4, -0.2) is 50.1 Å². The van der Waals surface area contributed by atoms with Crippen molar-refractivity contribution in [2.45, 2.75) is 19.8 Å². The lowest BCUT2D eigenvalue weighted by atomic mass is 10.0. The van der Waals surface area contributed by atoms with Crippen molar-refractivity contribution in [2.24, 2.45) is 0 Å². The Bertz CT molecular complexity index is 877. The minimum absolute atomic E-state index is 0.105. The van der Waals surface area contributed by atoms with Crippen LogP contribution in [0.1, 0.15) is 34.8 Å². The van der Waals surface area contributed by atoms with E-state index in [4.69, 9.17) is 9.47 Å². The van der Waals surface area contributed by atoms with Crippen molar-refractivity contribution in [3.8, 4) is 17.2 Å². The molecular weight excluding hydrogens is 373 g/mol. The average molecular weight is 401 g/mol. The van der Waals surface area contributed by atoms with E-state index in [1.54, 1.807) is 18.2 Å². The summed E-state index contributed by atoms with van der Waals surface area (Å²) in [5, 5.41) is 10.2. The van der Waals surface area contributed by atoms with Crippen LogP contribution in [0.4, 0.5) is 4.39 Å². The number of methoxy groups -OCH3 is 1. The van der Waals surface area contributed by atoms with Gasteiger partial charge in [-0.15, -0.1) is 0 Å². The molecule has 0 aliphatic heterocycles. The lowest BCUT2D eigenvalue weighted by Crippen LogP contribution is -2.20. The third-order valence-electron chi connectivity index (χ3n) is 4.38. The van der Waals surface area contributed by atoms with Gasteiger partial charge in [0.25, 0.3) is 0 Å². The first-order valence-corrected chi connectivity index (χ1v) is 9.55. The van der Waals surface area contributed by atoms with E-state index in [2.05, 4.69) is 0 Å². The molecule has 0 unspecified atom stereocenters. The van der Waals surface area contributed by atoms with Crippen LogP contribution in [0.3, 0.4) is 0 Å². The summed E-state index contributed by atoms with van der Waals surface area (Å²) in [4.78, 5) is 14.8. The molecule has 0 saturated heterocycles. The number of hydrogen-bond acceptors (Lipinski definition) is 5. The van der Waals surface area contributed by atoms with Crippen LogP contribution < -0.4 is 9.47 Å². The van der Waals surface area contributed by atoms with Crippen LogP contribution in [0.5, 0.6) is 17.2 Å². The van der Waals surface area contributed by atoms with Crippen molar-refractivity contribution in [1.29, 1.82) is 0 Å². The summed E-state index contributed by atoms with van der Waals surface area (Å²) in [6, 6.07) is 7.57. The highest BCUT2D eigenvalue weighted by Crippen LogP contribution is 2.30. The molecule has 2 rings (SSSR count). The van der Waals surface area contributed by atoms with Crippen molar-refractivity contribution in [2.75, 3.05) is 34.4 Å². The average Bonchev–Trinajstić information content (AvgIpc) is 2.68. The van der Waals surface area contributed by atoms with Crippen molar-refractivity contribution in [1.82, 2.24) is 4.90 Å². The lowest BCUT2D eigenvalue weighted by molar-refractivity contribution is 0.104. The first-order valence-electron chi connectivity index (χ1n) is 9.55. The van der Waals surface area contributed by atoms with Crippen molar-refractivity contribution in [3.63, 3.8) is 0 Å². The fourth-order valence-electron chi connectivity index (χ4n) is 2.76. The number of hydrogen-bond donors (Lipinski definition) is 1. The highest BCUT2D eigenvalue weighted by atomic mass is 19.1. The van der Waals surface area contributed by atoms with Gasteiger partial charge >= 0.3 is 0 Å². The molecular formula is C23H28FNO4. The molecule has 0 heterocycles. The van der Waals surface area contributed by atoms with Crippen LogP contribution in [0, 0.1) is 5.82 Å². The van der Waals surface area contributed by atoms with Crippen LogP contribution in [0.25, 0.3) is 6.08 Å². The van der Waals surface area contributed by atoms with Gasteiger partial charge in [0.2, 0.25) is 0 Å². The van der Waals surface area contributed by atoms with Gasteiger partial charge in [0.1, 0.15) is 29.7 Å². The van der Waals surface area contributed by atoms with Crippen LogP contribution in [0.2, 0.25) is 0 Å². The molecule has 0 aliphatic rings. The topological polar surface area (TPSA) is 59.0 Å². The van der Waals surface area contributed by atoms with E-state index in [0.29, 0.717) is 42.2 Å². The van der Waals surface area contributed by atoms with Crippen molar-refractivity contribution < 1.29 is 23.8 Å². The molecule has 2 aromatic rings. The molecule has 0 bridgehead atoms. The molecule has 0 aromatic heterocycles. The minimum atomic E-state index is -0.478. The summed E-state index contributed by atoms with van der Waals surface area (Å²) >= 11 is 0. The quantitative estimate of drug-likeness (QED) is 0.474. The van der Waals surface area contributed by atoms with Crippen LogP contribution >= 0.6 is 0 Å². The number of carbonyl (C=O) groups is 1. The number of benzene rings is 2. The molecule has 156 valence electrons. The van der Waals surface area contributed by atoms with E-state index in [1.165, 1.54) is 31.4 Å². The Kier molecular flexibility index (Phi) is 8.21. The number of ketones is 1. The third-order valence-corrected chi connectivity index (χ3v) is 4.38. The zero-order valence-electron chi connectivity index (χ0n) is 17.4. The fraction of sp³-hybridized carbons (Fsp3) is 0.348. The smallest absolute Gasteiger partial charge is 0.189 e. The number of ether oxygens (including phenoxy) is 2. The molecule has 5 nitrogen and oxygen atoms in total. The molecule has 0 radical (unpaired) electrons. The highest BCUT2D eigenvalue weighted by Gasteiger charge is 2.15. The van der Waals surface area contributed by atoms with E-state index in [1.807, 2.05) is 25.9 Å². The second-order valence-corrected chi connectivity index (χ2v) is 6.96. The van der Waals surface area contributed by atoms with Crippen LogP contribution in [-0.2, 0) is 6.42 Å². The van der Waals surface area contributed by atoms with Gasteiger partial charge in [0.15, 0.2) is 5.78 Å². The fourth-order valence-corrected chi connectivity index (χ4v) is 2.76. The molecule has 29 heavy (non-hydrogen) atoms. The SMILES string of the molecule is CCCc1cc(C(=O)/C=C/c2ccc(OC)cc2F)c(OCCN(C)C)cc1O. The van der Waals surface area contributed by atoms with Gasteiger partial charge in [-0.2, -0.15) is 0 Å². The van der Waals surface area contributed by atoms with Gasteiger partial charge in [-0.25, -0.2) is 4.39 Å². The van der Waals surface area contributed by atoms with Crippen molar-refractivity contribution in [3.05, 3.63) is 58.9 Å². The second kappa shape index (κ2) is 10.6. The molecule has 1 N–H and O–H groups in total. The zero-order chi connectivity index (χ0) is 21.4. The summed E-state index contributed by atoms with van der Waals surface area (Å²) in [7, 11) is 5.30. The van der Waals surface area contributed by atoms with Gasteiger partial charge in [-0.05, 0) is 56.4 Å². The number of carbonyl (C=O) groups excluding carboxylic acids is 1. The summed E-state index contributed by atoms with van der Waals surface area (Å²) in [5.41, 5.74) is 1.30. The Hall–Kier alpha value is -2.86. The molecule has 0 spiro atoms. The summed E-state index contributed by atoms with van der Waals surface area (Å²) < 4.78 is 24.9. The highest BCUT2D eigenvalue weighted by molar-refractivity contribution is 6.09. The van der Waals surface area contributed by atoms with Crippen molar-refractivity contribution >= 4 is 11.9 Å². The predicted octanol–water partition coefficient (Wildman–Crippen LogP) is 4.33. The second-order valence-electron chi connectivity index (χ2n) is 6.96. The molecule has 6 heteroatoms. The van der Waals surface area contributed by atoms with Gasteiger partial charge in [-0.3, -0.25) is 4.79 Å². The normalized spacial score (nSPS) is 11.2. The largest absolute Gasteiger partial charge is 0.508 e. The lowest BCUT2D eigenvalue weighted by Gasteiger charge is -2.15. The van der Waals surface area contributed by atoms with E-state index in [0.717, 1.165) is 6.42 Å². The Morgan fingerprint density at radius 1 is 1.24 bits per heavy atom. The van der Waals surface area contributed by atoms with Gasteiger partial charge in [-0.1, -0.05) is 13.3 Å². The summed E-state index contributed by atoms with van der Waals surface area (Å²) in [5.74, 6) is 0.0263. The number of aromatic hydroxyl groups is 1. The maximum absolute atomic E-state index is 14.1. The molecule has 0 fully saturated rings. The number of rotatable bonds is 10. The number of phenols is 1. The maximum atomic E-state index is 14.1. The molecule has 0 amide bonds. The molecule has 2 aromatic carbocycles. The zero-order valence-corrected chi connectivity index (χ0v) is 17.4. The number of phenolic OH excluding ortho intramolecular Hbond substituents is 1. The molecule has 0 atom stereocenters. The van der Waals surface area contributed by atoms with E-state index >= 15 is 0 Å². The van der Waals surface area contributed by atoms with Gasteiger partial charge < -0.3 is 19.5 Å². The van der Waals surface area contributed by atoms with Gasteiger partial charge in [0.05, 0.1) is 12.7 Å². The maximum Gasteiger partial charge on any atom is 0.189 e. The molecule has 0 saturated carbocycles. The first kappa shape index (κ1) is 22.4. The number of likely N-dealkylation sites (N-methyl/N-ethyl adjacent to an activating group) is 1. The van der Waals surface area contributed by atoms with Gasteiger partial charge in [0, 0.05) is 24.2 Å². The number of aryl methyl sites for hydroxylation is 1. The Balaban J connectivity index is 2.31. The summed E-state index contributed by atoms with van der Waals surface area (Å²) in [6.45, 7) is 3.03. The predicted molar refractivity (Wildman–Crippen MR) is 112 cm³/mol.